The number of rotatable bonds is 5. The van der Waals surface area contributed by atoms with Gasteiger partial charge in [0.1, 0.15) is 5.69 Å². The number of hydrogen-bond donors (Lipinski definition) is 2. The molecule has 0 saturated carbocycles. The van der Waals surface area contributed by atoms with Crippen molar-refractivity contribution in [2.75, 3.05) is 11.9 Å². The van der Waals surface area contributed by atoms with Crippen molar-refractivity contribution in [3.05, 3.63) is 18.0 Å². The van der Waals surface area contributed by atoms with Crippen molar-refractivity contribution in [1.82, 2.24) is 4.98 Å². The number of nitrogens with one attached hydrogen (secondary N) is 2. The minimum Gasteiger partial charge on any atom is -0.461 e. The van der Waals surface area contributed by atoms with Gasteiger partial charge in [-0.1, -0.05) is 6.92 Å². The number of carbonyl (C=O) groups excluding carboxylic acids is 2. The van der Waals surface area contributed by atoms with Crippen molar-refractivity contribution in [2.45, 2.75) is 26.7 Å². The van der Waals surface area contributed by atoms with Crippen LogP contribution in [-0.4, -0.2) is 23.5 Å². The summed E-state index contributed by atoms with van der Waals surface area (Å²) in [6.45, 7) is 4.00. The van der Waals surface area contributed by atoms with Crippen LogP contribution in [0.5, 0.6) is 0 Å². The van der Waals surface area contributed by atoms with E-state index in [0.29, 0.717) is 24.4 Å². The van der Waals surface area contributed by atoms with Gasteiger partial charge in [0, 0.05) is 12.6 Å². The van der Waals surface area contributed by atoms with Crippen molar-refractivity contribution < 1.29 is 14.3 Å². The van der Waals surface area contributed by atoms with Gasteiger partial charge in [0.15, 0.2) is 0 Å². The highest BCUT2D eigenvalue weighted by molar-refractivity contribution is 5.93. The number of amides is 1. The summed E-state index contributed by atoms with van der Waals surface area (Å²) < 4.78 is 4.81. The Morgan fingerprint density at radius 3 is 2.81 bits per heavy atom. The molecule has 0 aliphatic heterocycles. The van der Waals surface area contributed by atoms with Crippen molar-refractivity contribution in [3.63, 3.8) is 0 Å². The number of hydrogen-bond acceptors (Lipinski definition) is 3. The zero-order valence-corrected chi connectivity index (χ0v) is 9.50. The smallest absolute Gasteiger partial charge is 0.354 e. The molecule has 0 fully saturated rings. The minimum atomic E-state index is -0.418. The van der Waals surface area contributed by atoms with Gasteiger partial charge in [-0.3, -0.25) is 4.79 Å². The second kappa shape index (κ2) is 5.95. The summed E-state index contributed by atoms with van der Waals surface area (Å²) in [6, 6.07) is 1.56. The first-order chi connectivity index (χ1) is 7.67. The average molecular weight is 224 g/mol. The molecule has 1 aromatic heterocycles. The number of aromatic amines is 1. The molecule has 5 nitrogen and oxygen atoms in total. The fourth-order valence-electron chi connectivity index (χ4n) is 1.24. The number of carbonyl (C=O) groups is 2. The first-order valence-corrected chi connectivity index (χ1v) is 5.32. The third kappa shape index (κ3) is 3.42. The summed E-state index contributed by atoms with van der Waals surface area (Å²) in [6.07, 6.45) is 2.83. The maximum atomic E-state index is 11.3. The Labute approximate surface area is 94.2 Å². The van der Waals surface area contributed by atoms with Gasteiger partial charge < -0.3 is 15.0 Å². The molecule has 1 aromatic rings. The second-order valence-corrected chi connectivity index (χ2v) is 3.32. The highest BCUT2D eigenvalue weighted by Gasteiger charge is 2.10. The van der Waals surface area contributed by atoms with E-state index in [1.807, 2.05) is 6.92 Å². The van der Waals surface area contributed by atoms with Crippen LogP contribution in [0.3, 0.4) is 0 Å². The number of anilines is 1. The van der Waals surface area contributed by atoms with Gasteiger partial charge in [0.2, 0.25) is 5.91 Å². The van der Waals surface area contributed by atoms with Crippen LogP contribution in [0.15, 0.2) is 12.3 Å². The molecule has 0 saturated heterocycles. The molecule has 1 heterocycles. The van der Waals surface area contributed by atoms with E-state index in [-0.39, 0.29) is 5.91 Å². The lowest BCUT2D eigenvalue weighted by molar-refractivity contribution is -0.116. The van der Waals surface area contributed by atoms with E-state index in [9.17, 15) is 9.59 Å². The summed E-state index contributed by atoms with van der Waals surface area (Å²) in [5, 5.41) is 2.68. The van der Waals surface area contributed by atoms with Crippen molar-refractivity contribution in [2.24, 2.45) is 0 Å². The van der Waals surface area contributed by atoms with Gasteiger partial charge in [-0.25, -0.2) is 4.79 Å². The molecule has 0 spiro atoms. The van der Waals surface area contributed by atoms with E-state index in [4.69, 9.17) is 4.74 Å². The minimum absolute atomic E-state index is 0.0584. The number of aromatic nitrogens is 1. The van der Waals surface area contributed by atoms with Crippen LogP contribution in [0.1, 0.15) is 37.2 Å². The molecular formula is C11H16N2O3. The molecule has 0 unspecified atom stereocenters. The average Bonchev–Trinajstić information content (AvgIpc) is 2.67. The standard InChI is InChI=1S/C11H16N2O3/c1-3-5-10(14)13-8-6-9(12-7-8)11(15)16-4-2/h6-7,12H,3-5H2,1-2H3,(H,13,14). The van der Waals surface area contributed by atoms with E-state index < -0.39 is 5.97 Å². The van der Waals surface area contributed by atoms with Gasteiger partial charge in [0.25, 0.3) is 0 Å². The van der Waals surface area contributed by atoms with Crippen molar-refractivity contribution >= 4 is 17.6 Å². The van der Waals surface area contributed by atoms with Crippen LogP contribution in [0.4, 0.5) is 5.69 Å². The predicted molar refractivity (Wildman–Crippen MR) is 60.3 cm³/mol. The molecule has 5 heteroatoms. The SMILES string of the molecule is CCCC(=O)Nc1c[nH]c(C(=O)OCC)c1. The summed E-state index contributed by atoms with van der Waals surface area (Å²) in [7, 11) is 0. The summed E-state index contributed by atoms with van der Waals surface area (Å²) in [4.78, 5) is 25.3. The number of ether oxygens (including phenoxy) is 1. The summed E-state index contributed by atoms with van der Waals surface area (Å²) in [5.41, 5.74) is 0.926. The van der Waals surface area contributed by atoms with E-state index >= 15 is 0 Å². The van der Waals surface area contributed by atoms with E-state index in [0.717, 1.165) is 6.42 Å². The number of esters is 1. The van der Waals surface area contributed by atoms with Crippen LogP contribution in [0, 0.1) is 0 Å². The predicted octanol–water partition coefficient (Wildman–Crippen LogP) is 1.93. The molecular weight excluding hydrogens is 208 g/mol. The third-order valence-electron chi connectivity index (χ3n) is 1.94. The largest absolute Gasteiger partial charge is 0.461 e. The zero-order valence-electron chi connectivity index (χ0n) is 9.50. The van der Waals surface area contributed by atoms with Crippen LogP contribution in [0.2, 0.25) is 0 Å². The molecule has 16 heavy (non-hydrogen) atoms. The Balaban J connectivity index is 2.57. The van der Waals surface area contributed by atoms with Gasteiger partial charge in [-0.2, -0.15) is 0 Å². The van der Waals surface area contributed by atoms with Crippen LogP contribution in [0.25, 0.3) is 0 Å². The lowest BCUT2D eigenvalue weighted by Crippen LogP contribution is -2.09. The highest BCUT2D eigenvalue weighted by atomic mass is 16.5. The Morgan fingerprint density at radius 2 is 2.19 bits per heavy atom. The molecule has 1 amide bonds. The molecule has 2 N–H and O–H groups in total. The van der Waals surface area contributed by atoms with Gasteiger partial charge >= 0.3 is 5.97 Å². The maximum absolute atomic E-state index is 11.3. The lowest BCUT2D eigenvalue weighted by atomic mass is 10.3. The Bertz CT molecular complexity index is 371. The molecule has 1 rings (SSSR count). The zero-order chi connectivity index (χ0) is 12.0. The molecule has 0 aliphatic carbocycles. The second-order valence-electron chi connectivity index (χ2n) is 3.32. The lowest BCUT2D eigenvalue weighted by Gasteiger charge is -1.99. The summed E-state index contributed by atoms with van der Waals surface area (Å²) >= 11 is 0. The van der Waals surface area contributed by atoms with E-state index in [2.05, 4.69) is 10.3 Å². The van der Waals surface area contributed by atoms with Crippen LogP contribution >= 0.6 is 0 Å². The Hall–Kier alpha value is -1.78. The van der Waals surface area contributed by atoms with Gasteiger partial charge in [-0.05, 0) is 19.4 Å². The molecule has 0 aromatic carbocycles. The van der Waals surface area contributed by atoms with E-state index in [1.54, 1.807) is 19.2 Å². The highest BCUT2D eigenvalue weighted by Crippen LogP contribution is 2.11. The fourth-order valence-corrected chi connectivity index (χ4v) is 1.24. The van der Waals surface area contributed by atoms with E-state index in [1.165, 1.54) is 0 Å². The molecule has 0 bridgehead atoms. The molecule has 0 aliphatic rings. The summed E-state index contributed by atoms with van der Waals surface area (Å²) in [5.74, 6) is -0.476. The molecule has 0 radical (unpaired) electrons. The molecule has 88 valence electrons. The van der Waals surface area contributed by atoms with Crippen LogP contribution < -0.4 is 5.32 Å². The maximum Gasteiger partial charge on any atom is 0.354 e. The van der Waals surface area contributed by atoms with Gasteiger partial charge in [-0.15, -0.1) is 0 Å². The van der Waals surface area contributed by atoms with Crippen molar-refractivity contribution in [1.29, 1.82) is 0 Å². The normalized spacial score (nSPS) is 9.88. The van der Waals surface area contributed by atoms with Gasteiger partial charge in [0.05, 0.1) is 12.3 Å². The quantitative estimate of drug-likeness (QED) is 0.751. The first kappa shape index (κ1) is 12.3. The number of H-pyrrole nitrogens is 1. The molecule has 0 atom stereocenters. The Kier molecular flexibility index (Phi) is 4.57. The third-order valence-corrected chi connectivity index (χ3v) is 1.94. The topological polar surface area (TPSA) is 71.2 Å². The van der Waals surface area contributed by atoms with Crippen LogP contribution in [-0.2, 0) is 9.53 Å². The fraction of sp³-hybridized carbons (Fsp3) is 0.455. The van der Waals surface area contributed by atoms with Crippen molar-refractivity contribution in [3.8, 4) is 0 Å². The first-order valence-electron chi connectivity index (χ1n) is 5.32. The monoisotopic (exact) mass is 224 g/mol. The Morgan fingerprint density at radius 1 is 1.44 bits per heavy atom.